The number of carbonyl (C=O) groups excluding carboxylic acids is 2. The first kappa shape index (κ1) is 24.5. The van der Waals surface area contributed by atoms with Gasteiger partial charge < -0.3 is 10.2 Å². The van der Waals surface area contributed by atoms with Gasteiger partial charge in [-0.15, -0.1) is 0 Å². The molecule has 0 unspecified atom stereocenters. The van der Waals surface area contributed by atoms with E-state index in [9.17, 15) is 9.59 Å². The van der Waals surface area contributed by atoms with Crippen molar-refractivity contribution in [3.8, 4) is 0 Å². The Morgan fingerprint density at radius 3 is 2.21 bits per heavy atom. The number of carbonyl (C=O) groups is 2. The topological polar surface area (TPSA) is 52.7 Å². The first-order chi connectivity index (χ1) is 16.5. The molecule has 2 saturated heterocycles. The molecule has 1 N–H and O–H groups in total. The normalized spacial score (nSPS) is 20.7. The highest BCUT2D eigenvalue weighted by atomic mass is 16.2. The zero-order valence-corrected chi connectivity index (χ0v) is 20.7. The zero-order valence-electron chi connectivity index (χ0n) is 20.7. The number of hydrogen-bond donors (Lipinski definition) is 1. The Kier molecular flexibility index (Phi) is 8.04. The second-order valence-corrected chi connectivity index (χ2v) is 10.3. The molecule has 2 aliphatic heterocycles. The summed E-state index contributed by atoms with van der Waals surface area (Å²) in [5, 5.41) is 3.10. The Morgan fingerprint density at radius 2 is 1.56 bits per heavy atom. The molecule has 2 aromatic carbocycles. The number of nitrogens with zero attached hydrogens (tertiary/aromatic N) is 2. The molecule has 2 heterocycles. The molecule has 2 fully saturated rings. The number of para-hydroxylation sites is 1. The van der Waals surface area contributed by atoms with E-state index >= 15 is 0 Å². The number of aryl methyl sites for hydroxylation is 1. The zero-order chi connectivity index (χ0) is 24.0. The van der Waals surface area contributed by atoms with Crippen LogP contribution in [0.15, 0.2) is 60.7 Å². The SMILES string of the molecule is CC(C)C[C@@H]1NC(=O)C2(CCN(CCCCCc3ccccc3)CC2)N(c2ccccc2)C1=O. The van der Waals surface area contributed by atoms with Crippen molar-refractivity contribution in [2.24, 2.45) is 5.92 Å². The quantitative estimate of drug-likeness (QED) is 0.545. The minimum Gasteiger partial charge on any atom is -0.342 e. The third kappa shape index (κ3) is 5.52. The molecule has 4 rings (SSSR count). The van der Waals surface area contributed by atoms with Crippen LogP contribution in [0.2, 0.25) is 0 Å². The Hall–Kier alpha value is -2.66. The molecule has 0 saturated carbocycles. The number of hydrogen-bond acceptors (Lipinski definition) is 3. The molecule has 2 aliphatic rings. The van der Waals surface area contributed by atoms with Crippen LogP contribution in [0, 0.1) is 5.92 Å². The summed E-state index contributed by atoms with van der Waals surface area (Å²) in [5.74, 6) is 0.391. The van der Waals surface area contributed by atoms with E-state index in [-0.39, 0.29) is 11.8 Å². The molecule has 5 nitrogen and oxygen atoms in total. The number of benzene rings is 2. The maximum atomic E-state index is 13.6. The van der Waals surface area contributed by atoms with Crippen molar-refractivity contribution in [3.05, 3.63) is 66.2 Å². The number of unbranched alkanes of at least 4 members (excludes halogenated alkanes) is 2. The molecule has 34 heavy (non-hydrogen) atoms. The molecule has 0 aromatic heterocycles. The smallest absolute Gasteiger partial charge is 0.250 e. The molecule has 2 amide bonds. The van der Waals surface area contributed by atoms with Crippen LogP contribution in [0.4, 0.5) is 5.69 Å². The number of anilines is 1. The minimum absolute atomic E-state index is 0.0177. The number of rotatable bonds is 9. The van der Waals surface area contributed by atoms with E-state index in [4.69, 9.17) is 0 Å². The van der Waals surface area contributed by atoms with Crippen LogP contribution in [0.5, 0.6) is 0 Å². The van der Waals surface area contributed by atoms with Gasteiger partial charge in [-0.25, -0.2) is 0 Å². The first-order valence-electron chi connectivity index (χ1n) is 13.0. The van der Waals surface area contributed by atoms with Crippen molar-refractivity contribution in [2.45, 2.75) is 70.4 Å². The van der Waals surface area contributed by atoms with Gasteiger partial charge in [-0.1, -0.05) is 68.8 Å². The average molecular weight is 462 g/mol. The van der Waals surface area contributed by atoms with Crippen molar-refractivity contribution >= 4 is 17.5 Å². The van der Waals surface area contributed by atoms with E-state index < -0.39 is 11.6 Å². The summed E-state index contributed by atoms with van der Waals surface area (Å²) < 4.78 is 0. The lowest BCUT2D eigenvalue weighted by Crippen LogP contribution is -2.73. The molecule has 0 bridgehead atoms. The predicted molar refractivity (Wildman–Crippen MR) is 138 cm³/mol. The summed E-state index contributed by atoms with van der Waals surface area (Å²) in [6.45, 7) is 6.93. The van der Waals surface area contributed by atoms with Gasteiger partial charge in [0.15, 0.2) is 0 Å². The summed E-state index contributed by atoms with van der Waals surface area (Å²) in [7, 11) is 0. The third-order valence-electron chi connectivity index (χ3n) is 7.36. The van der Waals surface area contributed by atoms with E-state index in [1.807, 2.05) is 35.2 Å². The van der Waals surface area contributed by atoms with Gasteiger partial charge in [-0.2, -0.15) is 0 Å². The van der Waals surface area contributed by atoms with E-state index in [0.717, 1.165) is 31.7 Å². The van der Waals surface area contributed by atoms with Crippen LogP contribution in [-0.2, 0) is 16.0 Å². The standard InChI is InChI=1S/C29H39N3O2/c1-23(2)22-26-27(33)32(25-15-9-4-10-16-25)29(28(34)30-26)17-20-31(21-18-29)19-11-5-8-14-24-12-6-3-7-13-24/h3-4,6-7,9-10,12-13,15-16,23,26H,5,8,11,14,17-22H2,1-2H3,(H,30,34)/t26-/m0/s1. The van der Waals surface area contributed by atoms with Crippen LogP contribution in [0.1, 0.15) is 57.9 Å². The van der Waals surface area contributed by atoms with E-state index in [0.29, 0.717) is 25.2 Å². The average Bonchev–Trinajstić information content (AvgIpc) is 2.84. The number of nitrogens with one attached hydrogen (secondary N) is 1. The fraction of sp³-hybridized carbons (Fsp3) is 0.517. The fourth-order valence-electron chi connectivity index (χ4n) is 5.49. The molecule has 2 aromatic rings. The monoisotopic (exact) mass is 461 g/mol. The molecule has 1 spiro atoms. The number of piperidine rings is 1. The predicted octanol–water partition coefficient (Wildman–Crippen LogP) is 4.81. The van der Waals surface area contributed by atoms with Gasteiger partial charge in [0.2, 0.25) is 5.91 Å². The molecule has 5 heteroatoms. The summed E-state index contributed by atoms with van der Waals surface area (Å²) in [6, 6.07) is 20.0. The maximum Gasteiger partial charge on any atom is 0.250 e. The Bertz CT molecular complexity index is 936. The van der Waals surface area contributed by atoms with Gasteiger partial charge in [0.25, 0.3) is 5.91 Å². The lowest BCUT2D eigenvalue weighted by atomic mass is 9.80. The third-order valence-corrected chi connectivity index (χ3v) is 7.36. The van der Waals surface area contributed by atoms with Crippen molar-refractivity contribution in [2.75, 3.05) is 24.5 Å². The van der Waals surface area contributed by atoms with Crippen LogP contribution in [-0.4, -0.2) is 47.9 Å². The number of piperazine rings is 1. The van der Waals surface area contributed by atoms with Crippen LogP contribution < -0.4 is 10.2 Å². The highest BCUT2D eigenvalue weighted by molar-refractivity contribution is 6.11. The first-order valence-corrected chi connectivity index (χ1v) is 13.0. The lowest BCUT2D eigenvalue weighted by Gasteiger charge is -2.51. The molecule has 0 radical (unpaired) electrons. The minimum atomic E-state index is -0.782. The molecule has 1 atom stereocenters. The van der Waals surface area contributed by atoms with E-state index in [1.54, 1.807) is 0 Å². The highest BCUT2D eigenvalue weighted by Crippen LogP contribution is 2.37. The van der Waals surface area contributed by atoms with Crippen molar-refractivity contribution in [1.29, 1.82) is 0 Å². The number of likely N-dealkylation sites (tertiary alicyclic amines) is 1. The van der Waals surface area contributed by atoms with Gasteiger partial charge in [0.1, 0.15) is 11.6 Å². The van der Waals surface area contributed by atoms with Gasteiger partial charge in [-0.3, -0.25) is 14.5 Å². The molecule has 0 aliphatic carbocycles. The molecular formula is C29H39N3O2. The lowest BCUT2D eigenvalue weighted by molar-refractivity contribution is -0.140. The van der Waals surface area contributed by atoms with Gasteiger partial charge in [-0.05, 0) is 68.7 Å². The van der Waals surface area contributed by atoms with Crippen molar-refractivity contribution in [3.63, 3.8) is 0 Å². The van der Waals surface area contributed by atoms with Crippen LogP contribution >= 0.6 is 0 Å². The summed E-state index contributed by atoms with van der Waals surface area (Å²) >= 11 is 0. The van der Waals surface area contributed by atoms with Crippen molar-refractivity contribution < 1.29 is 9.59 Å². The van der Waals surface area contributed by atoms with Crippen LogP contribution in [0.25, 0.3) is 0 Å². The summed E-state index contributed by atoms with van der Waals surface area (Å²) in [6.07, 6.45) is 6.74. The largest absolute Gasteiger partial charge is 0.342 e. The van der Waals surface area contributed by atoms with E-state index in [1.165, 1.54) is 24.8 Å². The maximum absolute atomic E-state index is 13.6. The molecule has 182 valence electrons. The molecular weight excluding hydrogens is 422 g/mol. The van der Waals surface area contributed by atoms with Gasteiger partial charge in [0, 0.05) is 18.8 Å². The van der Waals surface area contributed by atoms with E-state index in [2.05, 4.69) is 54.4 Å². The summed E-state index contributed by atoms with van der Waals surface area (Å²) in [5.41, 5.74) is 1.47. The summed E-state index contributed by atoms with van der Waals surface area (Å²) in [4.78, 5) is 31.4. The van der Waals surface area contributed by atoms with Gasteiger partial charge >= 0.3 is 0 Å². The Balaban J connectivity index is 1.36. The van der Waals surface area contributed by atoms with Crippen LogP contribution in [0.3, 0.4) is 0 Å². The fourth-order valence-corrected chi connectivity index (χ4v) is 5.49. The Morgan fingerprint density at radius 1 is 0.912 bits per heavy atom. The highest BCUT2D eigenvalue weighted by Gasteiger charge is 2.54. The second-order valence-electron chi connectivity index (χ2n) is 10.3. The van der Waals surface area contributed by atoms with Crippen molar-refractivity contribution in [1.82, 2.24) is 10.2 Å². The Labute approximate surface area is 204 Å². The number of amides is 2. The van der Waals surface area contributed by atoms with Gasteiger partial charge in [0.05, 0.1) is 0 Å². The second kappa shape index (κ2) is 11.2.